The predicted octanol–water partition coefficient (Wildman–Crippen LogP) is 2.80. The van der Waals surface area contributed by atoms with Gasteiger partial charge < -0.3 is 30.3 Å². The van der Waals surface area contributed by atoms with Crippen LogP contribution in [-0.2, 0) is 20.8 Å². The number of ether oxygens (including phenoxy) is 1. The second kappa shape index (κ2) is 14.7. The molecule has 0 aromatic heterocycles. The first kappa shape index (κ1) is 32.3. The highest BCUT2D eigenvalue weighted by Gasteiger charge is 2.35. The minimum Gasteiger partial charge on any atom is -0.491 e. The fraction of sp³-hybridized carbons (Fsp3) is 0.500. The first-order valence-corrected chi connectivity index (χ1v) is 15.2. The van der Waals surface area contributed by atoms with Gasteiger partial charge in [-0.05, 0) is 55.4 Å². The lowest BCUT2D eigenvalue weighted by atomic mass is 9.99. The molecule has 43 heavy (non-hydrogen) atoms. The van der Waals surface area contributed by atoms with Gasteiger partial charge in [0, 0.05) is 31.6 Å². The second-order valence-electron chi connectivity index (χ2n) is 11.7. The standard InChI is InChI=1S/C32H41ClN4O6/c1-20(2)29-32(42)36(3)23(17-21-7-5-4-6-8-21)19-43-27-11-9-22(33)18-25(27)30(40)34-26(31(41)35-29)10-12-28(39)37-15-13-24(38)14-16-37/h4-9,11,18,20,23-24,26,29,38H,10,12-17,19H2,1-3H3,(H,34,40)(H,35,41)/t23-,26-,29+/m0/s1. The third kappa shape index (κ3) is 8.48. The van der Waals surface area contributed by atoms with Crippen molar-refractivity contribution in [2.45, 2.75) is 70.2 Å². The minimum atomic E-state index is -1.10. The Bertz CT molecular complexity index is 1300. The van der Waals surface area contributed by atoms with Crippen LogP contribution in [0.5, 0.6) is 5.75 Å². The molecule has 11 heteroatoms. The van der Waals surface area contributed by atoms with E-state index in [0.29, 0.717) is 37.4 Å². The van der Waals surface area contributed by atoms with Gasteiger partial charge in [-0.25, -0.2) is 0 Å². The highest BCUT2D eigenvalue weighted by molar-refractivity contribution is 6.31. The van der Waals surface area contributed by atoms with Crippen LogP contribution in [0.4, 0.5) is 0 Å². The lowest BCUT2D eigenvalue weighted by Gasteiger charge is -2.33. The third-order valence-electron chi connectivity index (χ3n) is 8.14. The number of amides is 4. The highest BCUT2D eigenvalue weighted by atomic mass is 35.5. The Labute approximate surface area is 257 Å². The van der Waals surface area contributed by atoms with Gasteiger partial charge in [-0.15, -0.1) is 0 Å². The molecule has 0 unspecified atom stereocenters. The number of carbonyl (C=O) groups is 4. The molecule has 0 saturated carbocycles. The molecule has 2 aromatic rings. The first-order valence-electron chi connectivity index (χ1n) is 14.8. The number of carbonyl (C=O) groups excluding carboxylic acids is 4. The molecule has 0 aliphatic carbocycles. The maximum Gasteiger partial charge on any atom is 0.255 e. The Morgan fingerprint density at radius 3 is 2.44 bits per heavy atom. The van der Waals surface area contributed by atoms with Crippen LogP contribution in [0.15, 0.2) is 48.5 Å². The van der Waals surface area contributed by atoms with Crippen molar-refractivity contribution in [3.63, 3.8) is 0 Å². The lowest BCUT2D eigenvalue weighted by Crippen LogP contribution is -2.57. The predicted molar refractivity (Wildman–Crippen MR) is 163 cm³/mol. The second-order valence-corrected chi connectivity index (χ2v) is 12.1. The van der Waals surface area contributed by atoms with Crippen LogP contribution in [0, 0.1) is 5.92 Å². The summed E-state index contributed by atoms with van der Waals surface area (Å²) in [6, 6.07) is 12.0. The van der Waals surface area contributed by atoms with Gasteiger partial charge in [-0.3, -0.25) is 19.2 Å². The van der Waals surface area contributed by atoms with E-state index >= 15 is 0 Å². The number of hydrogen-bond acceptors (Lipinski definition) is 6. The van der Waals surface area contributed by atoms with Crippen molar-refractivity contribution in [1.29, 1.82) is 0 Å². The number of likely N-dealkylation sites (tertiary alicyclic amines) is 1. The molecule has 2 aliphatic rings. The van der Waals surface area contributed by atoms with Crippen LogP contribution in [0.2, 0.25) is 5.02 Å². The number of aliphatic hydroxyl groups excluding tert-OH is 1. The third-order valence-corrected chi connectivity index (χ3v) is 8.38. The fourth-order valence-electron chi connectivity index (χ4n) is 5.40. The number of benzene rings is 2. The summed E-state index contributed by atoms with van der Waals surface area (Å²) in [5.41, 5.74) is 1.15. The quantitative estimate of drug-likeness (QED) is 0.460. The molecule has 3 atom stereocenters. The van der Waals surface area contributed by atoms with Crippen LogP contribution in [0.3, 0.4) is 0 Å². The summed E-state index contributed by atoms with van der Waals surface area (Å²) in [5.74, 6) is -1.57. The monoisotopic (exact) mass is 612 g/mol. The summed E-state index contributed by atoms with van der Waals surface area (Å²) in [4.78, 5) is 57.4. The van der Waals surface area contributed by atoms with Gasteiger partial charge in [0.05, 0.1) is 17.7 Å². The largest absolute Gasteiger partial charge is 0.491 e. The van der Waals surface area contributed by atoms with E-state index in [2.05, 4.69) is 10.6 Å². The number of rotatable bonds is 6. The van der Waals surface area contributed by atoms with Gasteiger partial charge in [0.1, 0.15) is 24.4 Å². The zero-order valence-electron chi connectivity index (χ0n) is 24.9. The molecule has 10 nitrogen and oxygen atoms in total. The first-order chi connectivity index (χ1) is 20.5. The summed E-state index contributed by atoms with van der Waals surface area (Å²) in [6.45, 7) is 4.66. The molecular weight excluding hydrogens is 572 g/mol. The van der Waals surface area contributed by atoms with Crippen molar-refractivity contribution >= 4 is 35.2 Å². The number of aliphatic hydroxyl groups is 1. The van der Waals surface area contributed by atoms with Gasteiger partial charge in [0.25, 0.3) is 5.91 Å². The molecule has 0 spiro atoms. The molecule has 2 heterocycles. The molecule has 0 radical (unpaired) electrons. The maximum absolute atomic E-state index is 13.9. The van der Waals surface area contributed by atoms with E-state index < -0.39 is 36.0 Å². The van der Waals surface area contributed by atoms with Crippen LogP contribution < -0.4 is 15.4 Å². The Kier molecular flexibility index (Phi) is 11.0. The van der Waals surface area contributed by atoms with Gasteiger partial charge >= 0.3 is 0 Å². The fourth-order valence-corrected chi connectivity index (χ4v) is 5.57. The normalized spacial score (nSPS) is 22.5. The van der Waals surface area contributed by atoms with Crippen LogP contribution in [0.1, 0.15) is 55.5 Å². The molecule has 0 bridgehead atoms. The number of piperidine rings is 1. The maximum atomic E-state index is 13.9. The van der Waals surface area contributed by atoms with Crippen LogP contribution in [-0.4, -0.2) is 89.5 Å². The van der Waals surface area contributed by atoms with Crippen molar-refractivity contribution < 1.29 is 29.0 Å². The van der Waals surface area contributed by atoms with E-state index in [1.165, 1.54) is 6.07 Å². The zero-order valence-corrected chi connectivity index (χ0v) is 25.7. The van der Waals surface area contributed by atoms with Gasteiger partial charge in [0.2, 0.25) is 17.7 Å². The molecule has 1 saturated heterocycles. The van der Waals surface area contributed by atoms with E-state index in [1.807, 2.05) is 44.2 Å². The molecular formula is C32H41ClN4O6. The van der Waals surface area contributed by atoms with Crippen LogP contribution in [0.25, 0.3) is 0 Å². The SMILES string of the molecule is CC(C)[C@H]1NC(=O)[C@H](CCC(=O)N2CCC(O)CC2)NC(=O)c2cc(Cl)ccc2OC[C@H](Cc2ccccc2)N(C)C1=O. The molecule has 1 fully saturated rings. The van der Waals surface area contributed by atoms with E-state index in [9.17, 15) is 24.3 Å². The summed E-state index contributed by atoms with van der Waals surface area (Å²) in [5, 5.41) is 15.7. The Morgan fingerprint density at radius 2 is 1.77 bits per heavy atom. The molecule has 4 rings (SSSR count). The Morgan fingerprint density at radius 1 is 1.07 bits per heavy atom. The zero-order chi connectivity index (χ0) is 31.1. The number of nitrogens with zero attached hydrogens (tertiary/aromatic N) is 2. The molecule has 2 aliphatic heterocycles. The topological polar surface area (TPSA) is 128 Å². The Balaban J connectivity index is 1.64. The molecule has 232 valence electrons. The van der Waals surface area contributed by atoms with Gasteiger partial charge in [-0.1, -0.05) is 55.8 Å². The van der Waals surface area contributed by atoms with Crippen molar-refractivity contribution in [2.75, 3.05) is 26.7 Å². The number of fused-ring (bicyclic) bond motifs is 1. The lowest BCUT2D eigenvalue weighted by molar-refractivity contribution is -0.139. The van der Waals surface area contributed by atoms with Crippen LogP contribution >= 0.6 is 11.6 Å². The van der Waals surface area contributed by atoms with Gasteiger partial charge in [0.15, 0.2) is 0 Å². The van der Waals surface area contributed by atoms with Crippen molar-refractivity contribution in [2.24, 2.45) is 5.92 Å². The minimum absolute atomic E-state index is 0.00666. The Hall–Kier alpha value is -3.63. The molecule has 2 aromatic carbocycles. The van der Waals surface area contributed by atoms with Crippen molar-refractivity contribution in [3.8, 4) is 5.75 Å². The smallest absolute Gasteiger partial charge is 0.255 e. The number of nitrogens with one attached hydrogen (secondary N) is 2. The average molecular weight is 613 g/mol. The summed E-state index contributed by atoms with van der Waals surface area (Å²) < 4.78 is 6.17. The van der Waals surface area contributed by atoms with Crippen molar-refractivity contribution in [1.82, 2.24) is 20.4 Å². The summed E-state index contributed by atoms with van der Waals surface area (Å²) in [7, 11) is 1.69. The number of likely N-dealkylation sites (N-methyl/N-ethyl adjacent to an activating group) is 1. The summed E-state index contributed by atoms with van der Waals surface area (Å²) >= 11 is 6.25. The number of halogens is 1. The molecule has 4 amide bonds. The molecule has 3 N–H and O–H groups in total. The van der Waals surface area contributed by atoms with E-state index in [1.54, 1.807) is 29.0 Å². The van der Waals surface area contributed by atoms with E-state index in [4.69, 9.17) is 16.3 Å². The highest BCUT2D eigenvalue weighted by Crippen LogP contribution is 2.25. The average Bonchev–Trinajstić information content (AvgIpc) is 3.00. The van der Waals surface area contributed by atoms with Gasteiger partial charge in [-0.2, -0.15) is 0 Å². The van der Waals surface area contributed by atoms with Crippen molar-refractivity contribution in [3.05, 3.63) is 64.7 Å². The van der Waals surface area contributed by atoms with E-state index in [-0.39, 0.29) is 48.5 Å². The number of hydrogen-bond donors (Lipinski definition) is 3. The van der Waals surface area contributed by atoms with E-state index in [0.717, 1.165) is 5.56 Å². The summed E-state index contributed by atoms with van der Waals surface area (Å²) in [6.07, 6.45) is 1.11.